The maximum atomic E-state index is 11.2. The number of carboxylic acid groups (broad SMARTS) is 1. The van der Waals surface area contributed by atoms with Gasteiger partial charge in [-0.3, -0.25) is 4.90 Å². The van der Waals surface area contributed by atoms with Crippen LogP contribution < -0.4 is 4.90 Å². The summed E-state index contributed by atoms with van der Waals surface area (Å²) in [4.78, 5) is 16.0. The number of hydrogen-bond donors (Lipinski definition) is 1. The van der Waals surface area contributed by atoms with Crippen molar-refractivity contribution in [2.24, 2.45) is 0 Å². The van der Waals surface area contributed by atoms with E-state index in [4.69, 9.17) is 0 Å². The standard InChI is InChI=1S/C15H20N2O2/c1-11-2-3-13(10-14(11)15(18)19)17-8-6-16(7-9-17)12-4-5-12/h2-3,10,12H,4-9H2,1H3,(H,18,19). The number of benzene rings is 1. The van der Waals surface area contributed by atoms with E-state index in [0.717, 1.165) is 43.5 Å². The minimum Gasteiger partial charge on any atom is -0.478 e. The molecule has 4 nitrogen and oxygen atoms in total. The van der Waals surface area contributed by atoms with Crippen LogP contribution in [-0.2, 0) is 0 Å². The van der Waals surface area contributed by atoms with Gasteiger partial charge in [-0.1, -0.05) is 6.07 Å². The third kappa shape index (κ3) is 2.59. The summed E-state index contributed by atoms with van der Waals surface area (Å²) in [5.74, 6) is -0.837. The van der Waals surface area contributed by atoms with Crippen LogP contribution in [0.5, 0.6) is 0 Å². The van der Waals surface area contributed by atoms with E-state index < -0.39 is 5.97 Å². The number of carboxylic acids is 1. The van der Waals surface area contributed by atoms with Crippen LogP contribution in [0.1, 0.15) is 28.8 Å². The number of piperazine rings is 1. The van der Waals surface area contributed by atoms with Gasteiger partial charge in [-0.05, 0) is 37.5 Å². The summed E-state index contributed by atoms with van der Waals surface area (Å²) in [6.07, 6.45) is 2.71. The molecule has 0 atom stereocenters. The van der Waals surface area contributed by atoms with Gasteiger partial charge in [-0.2, -0.15) is 0 Å². The van der Waals surface area contributed by atoms with E-state index in [1.807, 2.05) is 25.1 Å². The Morgan fingerprint density at radius 1 is 1.21 bits per heavy atom. The lowest BCUT2D eigenvalue weighted by molar-refractivity contribution is 0.0696. The van der Waals surface area contributed by atoms with Gasteiger partial charge in [0.05, 0.1) is 5.56 Å². The van der Waals surface area contributed by atoms with Crippen LogP contribution in [0.2, 0.25) is 0 Å². The van der Waals surface area contributed by atoms with E-state index in [2.05, 4.69) is 9.80 Å². The molecule has 2 fully saturated rings. The first-order chi connectivity index (χ1) is 9.15. The molecule has 102 valence electrons. The lowest BCUT2D eigenvalue weighted by atomic mass is 10.1. The summed E-state index contributed by atoms with van der Waals surface area (Å²) >= 11 is 0. The maximum Gasteiger partial charge on any atom is 0.336 e. The van der Waals surface area contributed by atoms with Gasteiger partial charge in [-0.25, -0.2) is 4.79 Å². The van der Waals surface area contributed by atoms with Crippen LogP contribution in [0.25, 0.3) is 0 Å². The van der Waals surface area contributed by atoms with Crippen molar-refractivity contribution in [3.8, 4) is 0 Å². The van der Waals surface area contributed by atoms with Crippen LogP contribution >= 0.6 is 0 Å². The molecular formula is C15H20N2O2. The van der Waals surface area contributed by atoms with Gasteiger partial charge in [0.15, 0.2) is 0 Å². The Kier molecular flexibility index (Phi) is 3.19. The number of carbonyl (C=O) groups is 1. The first-order valence-electron chi connectivity index (χ1n) is 6.98. The number of nitrogens with zero attached hydrogens (tertiary/aromatic N) is 2. The highest BCUT2D eigenvalue weighted by Crippen LogP contribution is 2.29. The second-order valence-corrected chi connectivity index (χ2v) is 5.56. The average molecular weight is 260 g/mol. The molecule has 4 heteroatoms. The number of hydrogen-bond acceptors (Lipinski definition) is 3. The van der Waals surface area contributed by atoms with Crippen molar-refractivity contribution in [2.45, 2.75) is 25.8 Å². The Labute approximate surface area is 113 Å². The Bertz CT molecular complexity index is 489. The molecule has 0 unspecified atom stereocenters. The van der Waals surface area contributed by atoms with E-state index in [1.54, 1.807) is 0 Å². The predicted molar refractivity (Wildman–Crippen MR) is 74.9 cm³/mol. The molecule has 1 saturated heterocycles. The molecule has 0 aromatic heterocycles. The molecule has 1 N–H and O–H groups in total. The fourth-order valence-corrected chi connectivity index (χ4v) is 2.82. The molecule has 3 rings (SSSR count). The third-order valence-corrected chi connectivity index (χ3v) is 4.19. The van der Waals surface area contributed by atoms with E-state index in [1.165, 1.54) is 12.8 Å². The highest BCUT2D eigenvalue weighted by Gasteiger charge is 2.31. The zero-order chi connectivity index (χ0) is 13.4. The number of aromatic carboxylic acids is 1. The Balaban J connectivity index is 1.72. The zero-order valence-corrected chi connectivity index (χ0v) is 11.3. The van der Waals surface area contributed by atoms with Gasteiger partial charge in [0.1, 0.15) is 0 Å². The van der Waals surface area contributed by atoms with Crippen LogP contribution in [0, 0.1) is 6.92 Å². The van der Waals surface area contributed by atoms with Crippen molar-refractivity contribution in [3.05, 3.63) is 29.3 Å². The number of anilines is 1. The van der Waals surface area contributed by atoms with Crippen molar-refractivity contribution in [1.82, 2.24) is 4.90 Å². The second kappa shape index (κ2) is 4.85. The van der Waals surface area contributed by atoms with Gasteiger partial charge in [-0.15, -0.1) is 0 Å². The molecule has 0 amide bonds. The largest absolute Gasteiger partial charge is 0.478 e. The Morgan fingerprint density at radius 2 is 1.89 bits per heavy atom. The Hall–Kier alpha value is -1.55. The van der Waals surface area contributed by atoms with Crippen molar-refractivity contribution in [1.29, 1.82) is 0 Å². The van der Waals surface area contributed by atoms with Crippen LogP contribution in [0.4, 0.5) is 5.69 Å². The lowest BCUT2D eigenvalue weighted by Crippen LogP contribution is -2.47. The summed E-state index contributed by atoms with van der Waals surface area (Å²) in [7, 11) is 0. The SMILES string of the molecule is Cc1ccc(N2CCN(C3CC3)CC2)cc1C(=O)O. The minimum atomic E-state index is -0.837. The fourth-order valence-electron chi connectivity index (χ4n) is 2.82. The molecule has 2 aliphatic rings. The molecule has 0 radical (unpaired) electrons. The summed E-state index contributed by atoms with van der Waals surface area (Å²) < 4.78 is 0. The van der Waals surface area contributed by atoms with Gasteiger partial charge >= 0.3 is 5.97 Å². The first kappa shape index (κ1) is 12.5. The molecule has 1 saturated carbocycles. The normalized spacial score (nSPS) is 20.6. The van der Waals surface area contributed by atoms with Crippen molar-refractivity contribution in [2.75, 3.05) is 31.1 Å². The quantitative estimate of drug-likeness (QED) is 0.902. The summed E-state index contributed by atoms with van der Waals surface area (Å²) in [6.45, 7) is 6.04. The summed E-state index contributed by atoms with van der Waals surface area (Å²) in [6, 6.07) is 6.58. The molecule has 1 aliphatic carbocycles. The molecule has 1 aliphatic heterocycles. The highest BCUT2D eigenvalue weighted by molar-refractivity contribution is 5.90. The van der Waals surface area contributed by atoms with Crippen LogP contribution in [0.3, 0.4) is 0 Å². The van der Waals surface area contributed by atoms with Gasteiger partial charge < -0.3 is 10.0 Å². The maximum absolute atomic E-state index is 11.2. The van der Waals surface area contributed by atoms with Gasteiger partial charge in [0.2, 0.25) is 0 Å². The molecule has 1 aromatic carbocycles. The molecule has 1 heterocycles. The monoisotopic (exact) mass is 260 g/mol. The Morgan fingerprint density at radius 3 is 2.47 bits per heavy atom. The zero-order valence-electron chi connectivity index (χ0n) is 11.3. The van der Waals surface area contributed by atoms with Crippen molar-refractivity contribution < 1.29 is 9.90 Å². The topological polar surface area (TPSA) is 43.8 Å². The second-order valence-electron chi connectivity index (χ2n) is 5.56. The van der Waals surface area contributed by atoms with Crippen molar-refractivity contribution in [3.63, 3.8) is 0 Å². The minimum absolute atomic E-state index is 0.419. The summed E-state index contributed by atoms with van der Waals surface area (Å²) in [5, 5.41) is 9.18. The highest BCUT2D eigenvalue weighted by atomic mass is 16.4. The van der Waals surface area contributed by atoms with E-state index in [9.17, 15) is 9.90 Å². The van der Waals surface area contributed by atoms with E-state index in [-0.39, 0.29) is 0 Å². The predicted octanol–water partition coefficient (Wildman–Crippen LogP) is 1.98. The average Bonchev–Trinajstić information content (AvgIpc) is 3.23. The molecule has 0 spiro atoms. The van der Waals surface area contributed by atoms with Crippen LogP contribution in [-0.4, -0.2) is 48.2 Å². The van der Waals surface area contributed by atoms with Gasteiger partial charge in [0.25, 0.3) is 0 Å². The first-order valence-corrected chi connectivity index (χ1v) is 6.98. The smallest absolute Gasteiger partial charge is 0.336 e. The molecule has 19 heavy (non-hydrogen) atoms. The van der Waals surface area contributed by atoms with E-state index in [0.29, 0.717) is 5.56 Å². The van der Waals surface area contributed by atoms with Crippen molar-refractivity contribution >= 4 is 11.7 Å². The molecular weight excluding hydrogens is 240 g/mol. The van der Waals surface area contributed by atoms with Crippen LogP contribution in [0.15, 0.2) is 18.2 Å². The van der Waals surface area contributed by atoms with Gasteiger partial charge in [0, 0.05) is 37.9 Å². The number of aryl methyl sites for hydroxylation is 1. The lowest BCUT2D eigenvalue weighted by Gasteiger charge is -2.36. The van der Waals surface area contributed by atoms with E-state index >= 15 is 0 Å². The molecule has 1 aromatic rings. The third-order valence-electron chi connectivity index (χ3n) is 4.19. The molecule has 0 bridgehead atoms. The number of rotatable bonds is 3. The fraction of sp³-hybridized carbons (Fsp3) is 0.533. The summed E-state index contributed by atoms with van der Waals surface area (Å²) in [5.41, 5.74) is 2.29.